The number of hydrogen-bond donors (Lipinski definition) is 0. The maximum atomic E-state index is 4.69. The summed E-state index contributed by atoms with van der Waals surface area (Å²) in [5.41, 5.74) is 2.59. The van der Waals surface area contributed by atoms with Crippen molar-refractivity contribution in [3.8, 4) is 0 Å². The van der Waals surface area contributed by atoms with Crippen LogP contribution >= 0.6 is 35.7 Å². The second kappa shape index (κ2) is 8.68. The number of rotatable bonds is 3. The Bertz CT molecular complexity index is 421. The second-order valence-corrected chi connectivity index (χ2v) is 5.57. The van der Waals surface area contributed by atoms with Gasteiger partial charge in [-0.3, -0.25) is 0 Å². The Balaban J connectivity index is 0.00000324. The van der Waals surface area contributed by atoms with E-state index in [-0.39, 0.29) is 24.0 Å². The number of aryl methyl sites for hydroxylation is 1. The van der Waals surface area contributed by atoms with Crippen LogP contribution in [0.2, 0.25) is 0 Å². The van der Waals surface area contributed by atoms with E-state index in [0.717, 1.165) is 12.5 Å². The van der Waals surface area contributed by atoms with Crippen molar-refractivity contribution in [2.75, 3.05) is 34.4 Å². The van der Waals surface area contributed by atoms with E-state index in [4.69, 9.17) is 0 Å². The van der Waals surface area contributed by atoms with Crippen molar-refractivity contribution in [1.29, 1.82) is 0 Å². The van der Waals surface area contributed by atoms with E-state index < -0.39 is 0 Å². The first-order chi connectivity index (χ1) is 8.45. The maximum absolute atomic E-state index is 4.69. The van der Waals surface area contributed by atoms with Gasteiger partial charge in [0.25, 0.3) is 0 Å². The Labute approximate surface area is 138 Å². The number of nitrogens with zero attached hydrogens (tertiary/aromatic N) is 3. The van der Waals surface area contributed by atoms with Crippen molar-refractivity contribution >= 4 is 41.7 Å². The Morgan fingerprint density at radius 3 is 2.21 bits per heavy atom. The molecule has 0 unspecified atom stereocenters. The quantitative estimate of drug-likeness (QED) is 0.340. The second-order valence-electron chi connectivity index (χ2n) is 4.72. The molecule has 0 fully saturated rings. The van der Waals surface area contributed by atoms with Gasteiger partial charge in [0, 0.05) is 33.1 Å². The first kappa shape index (κ1) is 18.6. The van der Waals surface area contributed by atoms with Crippen molar-refractivity contribution in [3.63, 3.8) is 0 Å². The third kappa shape index (κ3) is 5.60. The van der Waals surface area contributed by atoms with Gasteiger partial charge in [0.15, 0.2) is 5.96 Å². The van der Waals surface area contributed by atoms with Gasteiger partial charge in [-0.2, -0.15) is 0 Å². The van der Waals surface area contributed by atoms with Gasteiger partial charge in [0.2, 0.25) is 0 Å². The predicted octanol–water partition coefficient (Wildman–Crippen LogP) is 3.31. The molecule has 0 bridgehead atoms. The van der Waals surface area contributed by atoms with Crippen LogP contribution in [0.15, 0.2) is 28.1 Å². The van der Waals surface area contributed by atoms with Gasteiger partial charge in [0.1, 0.15) is 0 Å². The minimum atomic E-state index is 0. The highest BCUT2D eigenvalue weighted by Crippen LogP contribution is 2.22. The molecule has 0 aliphatic rings. The molecule has 0 heterocycles. The predicted molar refractivity (Wildman–Crippen MR) is 96.9 cm³/mol. The highest BCUT2D eigenvalue weighted by Gasteiger charge is 2.06. The lowest BCUT2D eigenvalue weighted by molar-refractivity contribution is 0.479. The van der Waals surface area contributed by atoms with Crippen molar-refractivity contribution in [2.45, 2.75) is 18.4 Å². The summed E-state index contributed by atoms with van der Waals surface area (Å²) in [7, 11) is 8.07. The monoisotopic (exact) mass is 393 g/mol. The summed E-state index contributed by atoms with van der Waals surface area (Å²) in [4.78, 5) is 10.1. The summed E-state index contributed by atoms with van der Waals surface area (Å²) in [6.07, 6.45) is 2.11. The molecule has 1 aromatic rings. The molecular formula is C14H24IN3S. The third-order valence-electron chi connectivity index (χ3n) is 2.63. The van der Waals surface area contributed by atoms with Crippen molar-refractivity contribution in [3.05, 3.63) is 29.3 Å². The highest BCUT2D eigenvalue weighted by molar-refractivity contribution is 14.0. The molecule has 3 nitrogen and oxygen atoms in total. The normalized spacial score (nSPS) is 9.58. The number of thioether (sulfide) groups is 1. The molecule has 0 atom stereocenters. The molecule has 1 rings (SSSR count). The Morgan fingerprint density at radius 2 is 1.74 bits per heavy atom. The molecule has 5 heteroatoms. The lowest BCUT2D eigenvalue weighted by atomic mass is 10.1. The highest BCUT2D eigenvalue weighted by atomic mass is 127. The lowest BCUT2D eigenvalue weighted by Crippen LogP contribution is -2.35. The molecular weight excluding hydrogens is 369 g/mol. The summed E-state index contributed by atoms with van der Waals surface area (Å²) in [6, 6.07) is 6.55. The van der Waals surface area contributed by atoms with Gasteiger partial charge >= 0.3 is 0 Å². The molecule has 0 aromatic heterocycles. The van der Waals surface area contributed by atoms with Gasteiger partial charge in [-0.05, 0) is 30.4 Å². The molecule has 108 valence electrons. The standard InChI is InChI=1S/C14H23N3S.HI/c1-11-7-8-12(13(9-11)18-6)10-15-14(16(2)3)17(4)5;/h7-9H,10H2,1-6H3;1H. The van der Waals surface area contributed by atoms with Crippen LogP contribution in [0.4, 0.5) is 0 Å². The van der Waals surface area contributed by atoms with Crippen molar-refractivity contribution in [1.82, 2.24) is 9.80 Å². The Morgan fingerprint density at radius 1 is 1.16 bits per heavy atom. The van der Waals surface area contributed by atoms with Crippen LogP contribution in [0, 0.1) is 6.92 Å². The SMILES string of the molecule is CSc1cc(C)ccc1CN=C(N(C)C)N(C)C.I. The van der Waals surface area contributed by atoms with Crippen molar-refractivity contribution < 1.29 is 0 Å². The van der Waals surface area contributed by atoms with Crippen LogP contribution in [-0.2, 0) is 6.54 Å². The molecule has 0 aliphatic heterocycles. The number of guanidine groups is 1. The fraction of sp³-hybridized carbons (Fsp3) is 0.500. The maximum Gasteiger partial charge on any atom is 0.195 e. The van der Waals surface area contributed by atoms with Gasteiger partial charge < -0.3 is 9.80 Å². The Hall–Kier alpha value is -0.430. The zero-order valence-corrected chi connectivity index (χ0v) is 15.7. The smallest absolute Gasteiger partial charge is 0.195 e. The molecule has 0 saturated heterocycles. The Kier molecular flexibility index (Phi) is 8.49. The zero-order chi connectivity index (χ0) is 13.7. The molecule has 0 N–H and O–H groups in total. The molecule has 0 radical (unpaired) electrons. The zero-order valence-electron chi connectivity index (χ0n) is 12.6. The number of hydrogen-bond acceptors (Lipinski definition) is 2. The first-order valence-corrected chi connectivity index (χ1v) is 7.20. The van der Waals surface area contributed by atoms with Crippen LogP contribution in [0.5, 0.6) is 0 Å². The molecule has 0 aliphatic carbocycles. The molecule has 1 aromatic carbocycles. The average molecular weight is 393 g/mol. The van der Waals surface area contributed by atoms with E-state index >= 15 is 0 Å². The summed E-state index contributed by atoms with van der Waals surface area (Å²) in [5.74, 6) is 0.989. The third-order valence-corrected chi connectivity index (χ3v) is 3.45. The van der Waals surface area contributed by atoms with Crippen LogP contribution in [0.3, 0.4) is 0 Å². The molecule has 19 heavy (non-hydrogen) atoms. The summed E-state index contributed by atoms with van der Waals surface area (Å²) in [6.45, 7) is 2.85. The largest absolute Gasteiger partial charge is 0.349 e. The van der Waals surface area contributed by atoms with E-state index in [1.165, 1.54) is 16.0 Å². The first-order valence-electron chi connectivity index (χ1n) is 5.98. The molecule has 0 spiro atoms. The number of benzene rings is 1. The van der Waals surface area contributed by atoms with Crippen LogP contribution < -0.4 is 0 Å². The van der Waals surface area contributed by atoms with E-state index in [9.17, 15) is 0 Å². The number of halogens is 1. The lowest BCUT2D eigenvalue weighted by Gasteiger charge is -2.22. The summed E-state index contributed by atoms with van der Waals surface area (Å²) in [5, 5.41) is 0. The van der Waals surface area contributed by atoms with E-state index in [0.29, 0.717) is 0 Å². The summed E-state index contributed by atoms with van der Waals surface area (Å²) < 4.78 is 0. The van der Waals surface area contributed by atoms with Gasteiger partial charge in [0.05, 0.1) is 6.54 Å². The molecule has 0 amide bonds. The minimum Gasteiger partial charge on any atom is -0.349 e. The minimum absolute atomic E-state index is 0. The van der Waals surface area contributed by atoms with E-state index in [2.05, 4.69) is 36.4 Å². The van der Waals surface area contributed by atoms with Crippen molar-refractivity contribution in [2.24, 2.45) is 4.99 Å². The van der Waals surface area contributed by atoms with Gasteiger partial charge in [-0.1, -0.05) is 12.1 Å². The fourth-order valence-corrected chi connectivity index (χ4v) is 2.52. The average Bonchev–Trinajstić information content (AvgIpc) is 2.30. The fourth-order valence-electron chi connectivity index (χ4n) is 1.82. The van der Waals surface area contributed by atoms with E-state index in [1.54, 1.807) is 11.8 Å². The molecule has 0 saturated carbocycles. The summed E-state index contributed by atoms with van der Waals surface area (Å²) >= 11 is 1.78. The van der Waals surface area contributed by atoms with Gasteiger partial charge in [-0.25, -0.2) is 4.99 Å². The van der Waals surface area contributed by atoms with Gasteiger partial charge in [-0.15, -0.1) is 35.7 Å². The van der Waals surface area contributed by atoms with Crippen LogP contribution in [0.1, 0.15) is 11.1 Å². The van der Waals surface area contributed by atoms with Crippen LogP contribution in [-0.4, -0.2) is 50.2 Å². The van der Waals surface area contributed by atoms with E-state index in [1.807, 2.05) is 38.0 Å². The topological polar surface area (TPSA) is 18.8 Å². The number of aliphatic imine (C=N–C) groups is 1. The van der Waals surface area contributed by atoms with Crippen LogP contribution in [0.25, 0.3) is 0 Å².